The fourth-order valence-electron chi connectivity index (χ4n) is 3.00. The highest BCUT2D eigenvalue weighted by atomic mass is 16.5. The van der Waals surface area contributed by atoms with Crippen molar-refractivity contribution in [2.24, 2.45) is 0 Å². The van der Waals surface area contributed by atoms with Gasteiger partial charge in [0.1, 0.15) is 6.04 Å². The highest BCUT2D eigenvalue weighted by Gasteiger charge is 2.41. The van der Waals surface area contributed by atoms with Gasteiger partial charge in [-0.25, -0.2) is 4.79 Å². The predicted octanol–water partition coefficient (Wildman–Crippen LogP) is 0.541. The minimum absolute atomic E-state index is 0.133. The Bertz CT molecular complexity index is 798. The van der Waals surface area contributed by atoms with Crippen LogP contribution in [0.2, 0.25) is 0 Å². The van der Waals surface area contributed by atoms with Crippen molar-refractivity contribution >= 4 is 29.6 Å². The molecule has 0 saturated heterocycles. The minimum atomic E-state index is -1.18. The molecule has 1 aromatic rings. The molecule has 0 saturated carbocycles. The smallest absolute Gasteiger partial charge is 0.329 e. The van der Waals surface area contributed by atoms with Gasteiger partial charge in [-0.1, -0.05) is 12.1 Å². The Morgan fingerprint density at radius 1 is 1.00 bits per heavy atom. The fraction of sp³-hybridized carbons (Fsp3) is 0.450. The predicted molar refractivity (Wildman–Crippen MR) is 103 cm³/mol. The number of hydrogen-bond acceptors (Lipinski definition) is 6. The van der Waals surface area contributed by atoms with E-state index in [0.29, 0.717) is 13.1 Å². The molecular weight excluding hydrogens is 378 g/mol. The average molecular weight is 403 g/mol. The van der Waals surface area contributed by atoms with Crippen LogP contribution in [0.1, 0.15) is 41.5 Å². The molecule has 4 amide bonds. The summed E-state index contributed by atoms with van der Waals surface area (Å²) in [4.78, 5) is 65.0. The lowest BCUT2D eigenvalue weighted by molar-refractivity contribution is -0.155. The van der Waals surface area contributed by atoms with Crippen LogP contribution in [0.5, 0.6) is 0 Å². The Hall–Kier alpha value is -3.23. The lowest BCUT2D eigenvalue weighted by Crippen LogP contribution is -2.45. The highest BCUT2D eigenvalue weighted by molar-refractivity contribution is 6.22. The SMILES string of the molecule is CCN(CC)C(=O)CN(C)C(=O)COC(=O)[C@@H](C)N1C(=O)c2ccccc2C1=O. The van der Waals surface area contributed by atoms with E-state index in [9.17, 15) is 24.0 Å². The first-order valence-corrected chi connectivity index (χ1v) is 9.38. The maximum absolute atomic E-state index is 12.4. The molecule has 156 valence electrons. The summed E-state index contributed by atoms with van der Waals surface area (Å²) in [5.74, 6) is -2.81. The van der Waals surface area contributed by atoms with Crippen LogP contribution >= 0.6 is 0 Å². The first-order chi connectivity index (χ1) is 13.7. The summed E-state index contributed by atoms with van der Waals surface area (Å²) in [5.41, 5.74) is 0.450. The van der Waals surface area contributed by atoms with Crippen LogP contribution in [-0.4, -0.2) is 83.6 Å². The number of nitrogens with zero attached hydrogens (tertiary/aromatic N) is 3. The second-order valence-corrected chi connectivity index (χ2v) is 6.63. The van der Waals surface area contributed by atoms with Gasteiger partial charge in [-0.3, -0.25) is 24.1 Å². The average Bonchev–Trinajstić information content (AvgIpc) is 2.96. The molecule has 0 fully saturated rings. The third-order valence-corrected chi connectivity index (χ3v) is 4.81. The Morgan fingerprint density at radius 2 is 1.52 bits per heavy atom. The standard InChI is InChI=1S/C20H25N3O6/c1-5-22(6-2)16(24)11-21(4)17(25)12-29-20(28)13(3)23-18(26)14-9-7-8-10-15(14)19(23)27/h7-10,13H,5-6,11-12H2,1-4H3/t13-/m1/s1. The highest BCUT2D eigenvalue weighted by Crippen LogP contribution is 2.24. The van der Waals surface area contributed by atoms with Crippen molar-refractivity contribution in [1.29, 1.82) is 0 Å². The van der Waals surface area contributed by atoms with Crippen molar-refractivity contribution in [2.45, 2.75) is 26.8 Å². The quantitative estimate of drug-likeness (QED) is 0.464. The van der Waals surface area contributed by atoms with Gasteiger partial charge in [0.2, 0.25) is 5.91 Å². The fourth-order valence-corrected chi connectivity index (χ4v) is 3.00. The lowest BCUT2D eigenvalue weighted by Gasteiger charge is -2.24. The number of likely N-dealkylation sites (N-methyl/N-ethyl adjacent to an activating group) is 2. The molecule has 1 aliphatic rings. The van der Waals surface area contributed by atoms with Crippen molar-refractivity contribution in [3.05, 3.63) is 35.4 Å². The summed E-state index contributed by atoms with van der Waals surface area (Å²) in [5, 5.41) is 0. The molecule has 0 N–H and O–H groups in total. The molecule has 1 aliphatic heterocycles. The molecule has 1 atom stereocenters. The van der Waals surface area contributed by atoms with Crippen LogP contribution in [0.15, 0.2) is 24.3 Å². The number of esters is 1. The zero-order chi connectivity index (χ0) is 21.7. The molecule has 29 heavy (non-hydrogen) atoms. The van der Waals surface area contributed by atoms with Gasteiger partial charge in [-0.05, 0) is 32.9 Å². The van der Waals surface area contributed by atoms with E-state index < -0.39 is 36.3 Å². The first-order valence-electron chi connectivity index (χ1n) is 9.38. The summed E-state index contributed by atoms with van der Waals surface area (Å²) < 4.78 is 4.99. The minimum Gasteiger partial charge on any atom is -0.454 e. The largest absolute Gasteiger partial charge is 0.454 e. The van der Waals surface area contributed by atoms with E-state index in [1.807, 2.05) is 13.8 Å². The maximum Gasteiger partial charge on any atom is 0.329 e. The summed E-state index contributed by atoms with van der Waals surface area (Å²) in [7, 11) is 1.44. The number of amides is 4. The van der Waals surface area contributed by atoms with Crippen LogP contribution in [0, 0.1) is 0 Å². The third-order valence-electron chi connectivity index (χ3n) is 4.81. The summed E-state index contributed by atoms with van der Waals surface area (Å²) in [6.07, 6.45) is 0. The topological polar surface area (TPSA) is 104 Å². The number of hydrogen-bond donors (Lipinski definition) is 0. The zero-order valence-corrected chi connectivity index (χ0v) is 17.0. The second kappa shape index (κ2) is 9.31. The van der Waals surface area contributed by atoms with Crippen LogP contribution < -0.4 is 0 Å². The lowest BCUT2D eigenvalue weighted by atomic mass is 10.1. The molecule has 9 nitrogen and oxygen atoms in total. The van der Waals surface area contributed by atoms with E-state index in [1.165, 1.54) is 31.0 Å². The van der Waals surface area contributed by atoms with Gasteiger partial charge >= 0.3 is 5.97 Å². The summed E-state index contributed by atoms with van der Waals surface area (Å²) in [6.45, 7) is 5.38. The van der Waals surface area contributed by atoms with Crippen molar-refractivity contribution in [3.8, 4) is 0 Å². The monoisotopic (exact) mass is 403 g/mol. The molecule has 0 unspecified atom stereocenters. The van der Waals surface area contributed by atoms with Gasteiger partial charge in [0.15, 0.2) is 6.61 Å². The molecule has 0 aromatic heterocycles. The molecule has 0 bridgehead atoms. The molecule has 0 spiro atoms. The number of benzene rings is 1. The summed E-state index contributed by atoms with van der Waals surface area (Å²) in [6, 6.07) is 5.10. The summed E-state index contributed by atoms with van der Waals surface area (Å²) >= 11 is 0. The van der Waals surface area contributed by atoms with Crippen LogP contribution in [0.25, 0.3) is 0 Å². The molecule has 1 heterocycles. The van der Waals surface area contributed by atoms with E-state index in [4.69, 9.17) is 4.74 Å². The van der Waals surface area contributed by atoms with Crippen molar-refractivity contribution in [1.82, 2.24) is 14.7 Å². The number of ether oxygens (including phenoxy) is 1. The van der Waals surface area contributed by atoms with Crippen molar-refractivity contribution in [3.63, 3.8) is 0 Å². The number of imide groups is 1. The Kier molecular flexibility index (Phi) is 7.08. The van der Waals surface area contributed by atoms with Crippen molar-refractivity contribution in [2.75, 3.05) is 33.3 Å². The molecule has 9 heteroatoms. The van der Waals surface area contributed by atoms with E-state index in [-0.39, 0.29) is 23.6 Å². The van der Waals surface area contributed by atoms with Crippen LogP contribution in [0.4, 0.5) is 0 Å². The maximum atomic E-state index is 12.4. The Morgan fingerprint density at radius 3 is 2.00 bits per heavy atom. The molecule has 1 aromatic carbocycles. The second-order valence-electron chi connectivity index (χ2n) is 6.63. The Labute approximate surface area is 169 Å². The normalized spacial score (nSPS) is 13.7. The number of carbonyl (C=O) groups is 5. The van der Waals surface area contributed by atoms with Gasteiger partial charge < -0.3 is 14.5 Å². The zero-order valence-electron chi connectivity index (χ0n) is 17.0. The molecular formula is C20H25N3O6. The molecule has 0 radical (unpaired) electrons. The van der Waals surface area contributed by atoms with Crippen molar-refractivity contribution < 1.29 is 28.7 Å². The van der Waals surface area contributed by atoms with Gasteiger partial charge in [0.25, 0.3) is 17.7 Å². The van der Waals surface area contributed by atoms with Gasteiger partial charge in [0.05, 0.1) is 17.7 Å². The molecule has 2 rings (SSSR count). The van der Waals surface area contributed by atoms with E-state index in [0.717, 1.165) is 4.90 Å². The van der Waals surface area contributed by atoms with Gasteiger partial charge in [-0.15, -0.1) is 0 Å². The van der Waals surface area contributed by atoms with E-state index in [1.54, 1.807) is 17.0 Å². The van der Waals surface area contributed by atoms with Gasteiger partial charge in [0, 0.05) is 20.1 Å². The van der Waals surface area contributed by atoms with Gasteiger partial charge in [-0.2, -0.15) is 0 Å². The number of carbonyl (C=O) groups excluding carboxylic acids is 5. The first kappa shape index (κ1) is 22.1. The van der Waals surface area contributed by atoms with E-state index in [2.05, 4.69) is 0 Å². The van der Waals surface area contributed by atoms with Crippen LogP contribution in [-0.2, 0) is 19.1 Å². The number of fused-ring (bicyclic) bond motifs is 1. The third kappa shape index (κ3) is 4.61. The molecule has 0 aliphatic carbocycles. The van der Waals surface area contributed by atoms with E-state index >= 15 is 0 Å². The number of rotatable bonds is 8. The Balaban J connectivity index is 1.92. The van der Waals surface area contributed by atoms with Crippen LogP contribution in [0.3, 0.4) is 0 Å².